The second-order valence-electron chi connectivity index (χ2n) is 7.45. The molecule has 2 aromatic carbocycles. The molecule has 0 aliphatic carbocycles. The fourth-order valence-electron chi connectivity index (χ4n) is 2.55. The molecule has 0 spiro atoms. The van der Waals surface area contributed by atoms with E-state index in [1.54, 1.807) is 32.4 Å². The number of rotatable bonds is 7. The Morgan fingerprint density at radius 1 is 1.03 bits per heavy atom. The number of carbonyl (C=O) groups is 1. The fourth-order valence-corrected chi connectivity index (χ4v) is 2.55. The molecule has 3 N–H and O–H groups in total. The summed E-state index contributed by atoms with van der Waals surface area (Å²) in [6.45, 7) is 6.35. The molecule has 2 rings (SSSR count). The third-order valence-corrected chi connectivity index (χ3v) is 3.92. The van der Waals surface area contributed by atoms with Crippen molar-refractivity contribution in [3.8, 4) is 11.5 Å². The lowest BCUT2D eigenvalue weighted by Gasteiger charge is -2.19. The number of ether oxygens (including phenoxy) is 3. The maximum atomic E-state index is 12.2. The lowest BCUT2D eigenvalue weighted by molar-refractivity contribution is 0.00694. The molecule has 0 heterocycles. The van der Waals surface area contributed by atoms with Crippen LogP contribution >= 0.6 is 0 Å². The Morgan fingerprint density at radius 3 is 2.41 bits per heavy atom. The molecule has 0 saturated heterocycles. The highest BCUT2D eigenvalue weighted by Crippen LogP contribution is 2.27. The molecule has 7 nitrogen and oxygen atoms in total. The Balaban J connectivity index is 1.96. The first kappa shape index (κ1) is 22.1. The quantitative estimate of drug-likeness (QED) is 0.422. The summed E-state index contributed by atoms with van der Waals surface area (Å²) in [5.74, 6) is 1.27. The Hall–Kier alpha value is -3.22. The molecule has 29 heavy (non-hydrogen) atoms. The predicted molar refractivity (Wildman–Crippen MR) is 113 cm³/mol. The first-order chi connectivity index (χ1) is 13.7. The van der Waals surface area contributed by atoms with Crippen molar-refractivity contribution >= 4 is 11.9 Å². The number of esters is 1. The smallest absolute Gasteiger partial charge is 0.338 e. The van der Waals surface area contributed by atoms with Crippen molar-refractivity contribution in [1.82, 2.24) is 5.32 Å². The van der Waals surface area contributed by atoms with Gasteiger partial charge >= 0.3 is 5.97 Å². The first-order valence-corrected chi connectivity index (χ1v) is 9.29. The summed E-state index contributed by atoms with van der Waals surface area (Å²) in [4.78, 5) is 16.5. The van der Waals surface area contributed by atoms with E-state index in [-0.39, 0.29) is 5.97 Å². The Bertz CT molecular complexity index is 873. The van der Waals surface area contributed by atoms with Crippen molar-refractivity contribution in [2.24, 2.45) is 10.7 Å². The molecule has 156 valence electrons. The van der Waals surface area contributed by atoms with Crippen LogP contribution in [-0.4, -0.2) is 31.7 Å². The topological polar surface area (TPSA) is 95.2 Å². The van der Waals surface area contributed by atoms with Crippen molar-refractivity contribution in [2.45, 2.75) is 39.5 Å². The number of benzene rings is 2. The summed E-state index contributed by atoms with van der Waals surface area (Å²) in [6, 6.07) is 12.8. The van der Waals surface area contributed by atoms with Gasteiger partial charge in [0.1, 0.15) is 5.60 Å². The van der Waals surface area contributed by atoms with Crippen molar-refractivity contribution in [2.75, 3.05) is 14.2 Å². The van der Waals surface area contributed by atoms with Crippen LogP contribution in [0.25, 0.3) is 0 Å². The van der Waals surface area contributed by atoms with Crippen LogP contribution in [0.4, 0.5) is 0 Å². The van der Waals surface area contributed by atoms with E-state index < -0.39 is 5.60 Å². The first-order valence-electron chi connectivity index (χ1n) is 9.29. The summed E-state index contributed by atoms with van der Waals surface area (Å²) in [5.41, 5.74) is 7.77. The molecule has 0 bridgehead atoms. The normalized spacial score (nSPS) is 11.7. The minimum absolute atomic E-state index is 0.308. The number of nitrogens with two attached hydrogens (primary N) is 1. The van der Waals surface area contributed by atoms with Crippen LogP contribution in [0.5, 0.6) is 11.5 Å². The van der Waals surface area contributed by atoms with E-state index in [9.17, 15) is 4.79 Å². The summed E-state index contributed by atoms with van der Waals surface area (Å²) >= 11 is 0. The highest BCUT2D eigenvalue weighted by atomic mass is 16.6. The molecule has 0 radical (unpaired) electrons. The average Bonchev–Trinajstić information content (AvgIpc) is 2.69. The Kier molecular flexibility index (Phi) is 7.47. The van der Waals surface area contributed by atoms with Crippen LogP contribution in [0.15, 0.2) is 47.5 Å². The predicted octanol–water partition coefficient (Wildman–Crippen LogP) is 3.26. The van der Waals surface area contributed by atoms with Crippen LogP contribution < -0.4 is 20.5 Å². The van der Waals surface area contributed by atoms with E-state index in [4.69, 9.17) is 19.9 Å². The minimum Gasteiger partial charge on any atom is -0.493 e. The van der Waals surface area contributed by atoms with Gasteiger partial charge in [0, 0.05) is 6.54 Å². The molecule has 0 amide bonds. The lowest BCUT2D eigenvalue weighted by Crippen LogP contribution is -2.31. The maximum absolute atomic E-state index is 12.2. The van der Waals surface area contributed by atoms with E-state index >= 15 is 0 Å². The summed E-state index contributed by atoms with van der Waals surface area (Å²) in [6.07, 6.45) is 0. The van der Waals surface area contributed by atoms with Crippen LogP contribution in [0.2, 0.25) is 0 Å². The van der Waals surface area contributed by atoms with Crippen molar-refractivity contribution < 1.29 is 19.0 Å². The molecular formula is C22H29N3O4. The van der Waals surface area contributed by atoms with Gasteiger partial charge in [0.25, 0.3) is 0 Å². The van der Waals surface area contributed by atoms with Gasteiger partial charge in [-0.3, -0.25) is 0 Å². The second kappa shape index (κ2) is 9.82. The Labute approximate surface area is 171 Å². The zero-order valence-electron chi connectivity index (χ0n) is 17.6. The zero-order chi connectivity index (χ0) is 21.4. The summed E-state index contributed by atoms with van der Waals surface area (Å²) < 4.78 is 15.9. The SMILES string of the molecule is COc1ccc(CNC(N)=NCc2cccc(C(=O)OC(C)(C)C)c2)cc1OC. The van der Waals surface area contributed by atoms with Gasteiger partial charge in [0.05, 0.1) is 26.3 Å². The van der Waals surface area contributed by atoms with Gasteiger partial charge in [-0.1, -0.05) is 18.2 Å². The lowest BCUT2D eigenvalue weighted by atomic mass is 10.1. The molecule has 0 aliphatic rings. The van der Waals surface area contributed by atoms with Crippen LogP contribution in [0.3, 0.4) is 0 Å². The van der Waals surface area contributed by atoms with Gasteiger partial charge in [0.15, 0.2) is 17.5 Å². The molecule has 7 heteroatoms. The van der Waals surface area contributed by atoms with Crippen LogP contribution in [0, 0.1) is 0 Å². The molecule has 0 saturated carbocycles. The number of hydrogen-bond donors (Lipinski definition) is 2. The van der Waals surface area contributed by atoms with Gasteiger partial charge in [-0.05, 0) is 56.2 Å². The minimum atomic E-state index is -0.538. The van der Waals surface area contributed by atoms with Crippen molar-refractivity contribution in [3.05, 3.63) is 59.2 Å². The largest absolute Gasteiger partial charge is 0.493 e. The van der Waals surface area contributed by atoms with Gasteiger partial charge in [0.2, 0.25) is 0 Å². The monoisotopic (exact) mass is 399 g/mol. The Morgan fingerprint density at radius 2 is 1.76 bits per heavy atom. The van der Waals surface area contributed by atoms with E-state index in [1.165, 1.54) is 0 Å². The second-order valence-corrected chi connectivity index (χ2v) is 7.45. The zero-order valence-corrected chi connectivity index (χ0v) is 17.6. The number of carbonyl (C=O) groups excluding carboxylic acids is 1. The standard InChI is InChI=1S/C22H29N3O4/c1-22(2,3)29-20(26)17-8-6-7-15(11-17)13-24-21(23)25-14-16-9-10-18(27-4)19(12-16)28-5/h6-12H,13-14H2,1-5H3,(H3,23,24,25). The number of guanidine groups is 1. The van der Waals surface area contributed by atoms with E-state index in [0.717, 1.165) is 11.1 Å². The van der Waals surface area contributed by atoms with Gasteiger partial charge in [-0.15, -0.1) is 0 Å². The van der Waals surface area contributed by atoms with Gasteiger partial charge in [-0.25, -0.2) is 9.79 Å². The highest BCUT2D eigenvalue weighted by Gasteiger charge is 2.17. The number of aliphatic imine (C=N–C) groups is 1. The summed E-state index contributed by atoms with van der Waals surface area (Å²) in [7, 11) is 3.19. The average molecular weight is 399 g/mol. The highest BCUT2D eigenvalue weighted by molar-refractivity contribution is 5.89. The third kappa shape index (κ3) is 7.03. The number of nitrogens with zero attached hydrogens (tertiary/aromatic N) is 1. The maximum Gasteiger partial charge on any atom is 0.338 e. The number of hydrogen-bond acceptors (Lipinski definition) is 5. The van der Waals surface area contributed by atoms with Gasteiger partial charge in [-0.2, -0.15) is 0 Å². The molecule has 0 atom stereocenters. The molecule has 0 fully saturated rings. The van der Waals surface area contributed by atoms with Gasteiger partial charge < -0.3 is 25.3 Å². The molecule has 0 aromatic heterocycles. The van der Waals surface area contributed by atoms with E-state index in [1.807, 2.05) is 45.0 Å². The molecular weight excluding hydrogens is 370 g/mol. The third-order valence-electron chi connectivity index (χ3n) is 3.92. The van der Waals surface area contributed by atoms with E-state index in [0.29, 0.717) is 36.1 Å². The molecule has 0 unspecified atom stereocenters. The van der Waals surface area contributed by atoms with E-state index in [2.05, 4.69) is 10.3 Å². The van der Waals surface area contributed by atoms with Crippen LogP contribution in [0.1, 0.15) is 42.3 Å². The summed E-state index contributed by atoms with van der Waals surface area (Å²) in [5, 5.41) is 3.07. The molecule has 2 aromatic rings. The number of methoxy groups -OCH3 is 2. The van der Waals surface area contributed by atoms with Crippen molar-refractivity contribution in [3.63, 3.8) is 0 Å². The van der Waals surface area contributed by atoms with Crippen molar-refractivity contribution in [1.29, 1.82) is 0 Å². The number of nitrogens with one attached hydrogen (secondary N) is 1. The van der Waals surface area contributed by atoms with Crippen LogP contribution in [-0.2, 0) is 17.8 Å². The fraction of sp³-hybridized carbons (Fsp3) is 0.364. The molecule has 0 aliphatic heterocycles.